The standard InChI is InChI=1S/C24H24ClNO4.ClH/c1-3-29-23(14-24(27)28)18-7-9-19(10-8-18)30-15-17-6-11-22(25)21(13-17)20-5-4-12-26-16(20)2;/h4-13,23H,3,14-15H2,1-2H3,(H,27,28);1H/t23-;/m0./s1. The number of benzene rings is 2. The van der Waals surface area contributed by atoms with Crippen LogP contribution in [0.5, 0.6) is 5.75 Å². The number of ether oxygens (including phenoxy) is 2. The van der Waals surface area contributed by atoms with E-state index >= 15 is 0 Å². The van der Waals surface area contributed by atoms with Gasteiger partial charge in [-0.1, -0.05) is 35.9 Å². The van der Waals surface area contributed by atoms with Crippen LogP contribution in [-0.4, -0.2) is 22.7 Å². The van der Waals surface area contributed by atoms with Crippen LogP contribution < -0.4 is 4.74 Å². The average Bonchev–Trinajstić information content (AvgIpc) is 2.73. The number of aryl methyl sites for hydroxylation is 1. The molecule has 0 aliphatic rings. The normalized spacial score (nSPS) is 11.5. The van der Waals surface area contributed by atoms with Gasteiger partial charge in [-0.15, -0.1) is 12.4 Å². The van der Waals surface area contributed by atoms with Gasteiger partial charge in [-0.05, 0) is 55.3 Å². The maximum atomic E-state index is 11.0. The van der Waals surface area contributed by atoms with E-state index in [2.05, 4.69) is 4.98 Å². The van der Waals surface area contributed by atoms with E-state index in [0.717, 1.165) is 27.9 Å². The highest BCUT2D eigenvalue weighted by Gasteiger charge is 2.16. The van der Waals surface area contributed by atoms with Gasteiger partial charge >= 0.3 is 5.97 Å². The fourth-order valence-electron chi connectivity index (χ4n) is 3.22. The molecule has 0 saturated carbocycles. The van der Waals surface area contributed by atoms with Crippen LogP contribution in [0.25, 0.3) is 11.1 Å². The van der Waals surface area contributed by atoms with E-state index in [1.54, 1.807) is 6.20 Å². The zero-order valence-corrected chi connectivity index (χ0v) is 18.9. The van der Waals surface area contributed by atoms with Crippen molar-refractivity contribution in [1.29, 1.82) is 0 Å². The molecule has 0 fully saturated rings. The Balaban J connectivity index is 0.00000341. The maximum Gasteiger partial charge on any atom is 0.306 e. The molecule has 0 spiro atoms. The molecule has 3 aromatic rings. The van der Waals surface area contributed by atoms with Gasteiger partial charge in [0.05, 0.1) is 12.5 Å². The third-order valence-electron chi connectivity index (χ3n) is 4.71. The minimum atomic E-state index is -0.892. The molecule has 1 N–H and O–H groups in total. The van der Waals surface area contributed by atoms with E-state index in [4.69, 9.17) is 26.2 Å². The summed E-state index contributed by atoms with van der Waals surface area (Å²) in [5, 5.41) is 9.73. The van der Waals surface area contributed by atoms with E-state index in [0.29, 0.717) is 24.0 Å². The number of rotatable bonds is 9. The largest absolute Gasteiger partial charge is 0.489 e. The number of hydrogen-bond acceptors (Lipinski definition) is 4. The minimum Gasteiger partial charge on any atom is -0.489 e. The van der Waals surface area contributed by atoms with Crippen molar-refractivity contribution in [2.75, 3.05) is 6.61 Å². The van der Waals surface area contributed by atoms with E-state index in [1.807, 2.05) is 68.4 Å². The molecule has 0 radical (unpaired) electrons. The SMILES string of the molecule is CCO[C@@H](CC(=O)O)c1ccc(OCc2ccc(Cl)c(-c3cccnc3C)c2)cc1.Cl. The lowest BCUT2D eigenvalue weighted by Crippen LogP contribution is -2.10. The lowest BCUT2D eigenvalue weighted by atomic mass is 10.0. The van der Waals surface area contributed by atoms with E-state index < -0.39 is 12.1 Å². The second-order valence-electron chi connectivity index (χ2n) is 6.85. The van der Waals surface area contributed by atoms with Crippen LogP contribution >= 0.6 is 24.0 Å². The smallest absolute Gasteiger partial charge is 0.306 e. The summed E-state index contributed by atoms with van der Waals surface area (Å²) in [6.45, 7) is 4.63. The summed E-state index contributed by atoms with van der Waals surface area (Å²) < 4.78 is 11.5. The number of hydrogen-bond donors (Lipinski definition) is 1. The quantitative estimate of drug-likeness (QED) is 0.406. The van der Waals surface area contributed by atoms with Gasteiger partial charge in [0.1, 0.15) is 12.4 Å². The molecule has 3 rings (SSSR count). The highest BCUT2D eigenvalue weighted by atomic mass is 35.5. The van der Waals surface area contributed by atoms with Crippen molar-refractivity contribution in [1.82, 2.24) is 4.98 Å². The molecule has 2 aromatic carbocycles. The Bertz CT molecular complexity index is 1010. The number of pyridine rings is 1. The Hall–Kier alpha value is -2.60. The zero-order chi connectivity index (χ0) is 21.5. The number of nitrogens with zero attached hydrogens (tertiary/aromatic N) is 1. The van der Waals surface area contributed by atoms with Crippen molar-refractivity contribution in [2.45, 2.75) is 33.0 Å². The van der Waals surface area contributed by atoms with Gasteiger partial charge in [-0.2, -0.15) is 0 Å². The lowest BCUT2D eigenvalue weighted by molar-refractivity contribution is -0.140. The van der Waals surface area contributed by atoms with Gasteiger partial charge in [0, 0.05) is 34.6 Å². The molecule has 1 atom stereocenters. The number of carbonyl (C=O) groups is 1. The van der Waals surface area contributed by atoms with Gasteiger partial charge in [-0.3, -0.25) is 9.78 Å². The summed E-state index contributed by atoms with van der Waals surface area (Å²) in [7, 11) is 0. The molecule has 1 aromatic heterocycles. The molecule has 0 bridgehead atoms. The second-order valence-corrected chi connectivity index (χ2v) is 7.26. The van der Waals surface area contributed by atoms with Gasteiger partial charge in [0.2, 0.25) is 0 Å². The number of halogens is 2. The van der Waals surface area contributed by atoms with Crippen molar-refractivity contribution in [3.05, 3.63) is 82.6 Å². The van der Waals surface area contributed by atoms with Crippen molar-refractivity contribution in [3.63, 3.8) is 0 Å². The summed E-state index contributed by atoms with van der Waals surface area (Å²) in [5.74, 6) is -0.199. The molecule has 164 valence electrons. The van der Waals surface area contributed by atoms with Crippen molar-refractivity contribution in [3.8, 4) is 16.9 Å². The topological polar surface area (TPSA) is 68.7 Å². The molecule has 0 saturated heterocycles. The molecular weight excluding hydrogens is 437 g/mol. The lowest BCUT2D eigenvalue weighted by Gasteiger charge is -2.16. The van der Waals surface area contributed by atoms with Crippen LogP contribution in [0, 0.1) is 6.92 Å². The third kappa shape index (κ3) is 6.69. The molecule has 7 heteroatoms. The van der Waals surface area contributed by atoms with Crippen LogP contribution in [0.4, 0.5) is 0 Å². The summed E-state index contributed by atoms with van der Waals surface area (Å²) in [6, 6.07) is 17.0. The molecule has 5 nitrogen and oxygen atoms in total. The first-order valence-corrected chi connectivity index (χ1v) is 10.1. The van der Waals surface area contributed by atoms with Crippen LogP contribution in [-0.2, 0) is 16.1 Å². The van der Waals surface area contributed by atoms with Gasteiger partial charge in [-0.25, -0.2) is 0 Å². The Morgan fingerprint density at radius 1 is 1.13 bits per heavy atom. The van der Waals surface area contributed by atoms with Crippen LogP contribution in [0.3, 0.4) is 0 Å². The Labute approximate surface area is 193 Å². The molecule has 1 heterocycles. The predicted molar refractivity (Wildman–Crippen MR) is 124 cm³/mol. The summed E-state index contributed by atoms with van der Waals surface area (Å²) in [6.07, 6.45) is 1.22. The number of aliphatic carboxylic acids is 1. The van der Waals surface area contributed by atoms with Crippen LogP contribution in [0.2, 0.25) is 5.02 Å². The number of aromatic nitrogens is 1. The van der Waals surface area contributed by atoms with Gasteiger partial charge < -0.3 is 14.6 Å². The van der Waals surface area contributed by atoms with Crippen molar-refractivity contribution >= 4 is 30.0 Å². The molecular formula is C24H25Cl2NO4. The van der Waals surface area contributed by atoms with Gasteiger partial charge in [0.15, 0.2) is 0 Å². The fourth-order valence-corrected chi connectivity index (χ4v) is 3.44. The Morgan fingerprint density at radius 3 is 2.52 bits per heavy atom. The predicted octanol–water partition coefficient (Wildman–Crippen LogP) is 6.26. The Kier molecular flexibility index (Phi) is 9.31. The van der Waals surface area contributed by atoms with Crippen molar-refractivity contribution < 1.29 is 19.4 Å². The Morgan fingerprint density at radius 2 is 1.87 bits per heavy atom. The summed E-state index contributed by atoms with van der Waals surface area (Å²) >= 11 is 6.41. The molecule has 0 amide bonds. The zero-order valence-electron chi connectivity index (χ0n) is 17.4. The third-order valence-corrected chi connectivity index (χ3v) is 5.04. The summed E-state index contributed by atoms with van der Waals surface area (Å²) in [5.41, 5.74) is 4.63. The van der Waals surface area contributed by atoms with E-state index in [9.17, 15) is 4.79 Å². The first-order chi connectivity index (χ1) is 14.5. The minimum absolute atomic E-state index is 0. The number of carboxylic acids is 1. The molecule has 31 heavy (non-hydrogen) atoms. The fraction of sp³-hybridized carbons (Fsp3) is 0.250. The highest BCUT2D eigenvalue weighted by Crippen LogP contribution is 2.31. The molecule has 0 aliphatic carbocycles. The first-order valence-electron chi connectivity index (χ1n) is 9.74. The van der Waals surface area contributed by atoms with Crippen molar-refractivity contribution in [2.24, 2.45) is 0 Å². The highest BCUT2D eigenvalue weighted by molar-refractivity contribution is 6.33. The first kappa shape index (κ1) is 24.7. The maximum absolute atomic E-state index is 11.0. The van der Waals surface area contributed by atoms with Crippen LogP contribution in [0.15, 0.2) is 60.8 Å². The number of carboxylic acid groups (broad SMARTS) is 1. The van der Waals surface area contributed by atoms with E-state index in [-0.39, 0.29) is 18.8 Å². The second kappa shape index (κ2) is 11.7. The molecule has 0 unspecified atom stereocenters. The molecule has 0 aliphatic heterocycles. The van der Waals surface area contributed by atoms with E-state index in [1.165, 1.54) is 0 Å². The monoisotopic (exact) mass is 461 g/mol. The summed E-state index contributed by atoms with van der Waals surface area (Å²) in [4.78, 5) is 15.4. The van der Waals surface area contributed by atoms with Crippen LogP contribution in [0.1, 0.15) is 36.3 Å². The van der Waals surface area contributed by atoms with Gasteiger partial charge in [0.25, 0.3) is 0 Å². The average molecular weight is 462 g/mol.